The summed E-state index contributed by atoms with van der Waals surface area (Å²) in [6.07, 6.45) is -4.53. The number of para-hydroxylation sites is 1. The lowest BCUT2D eigenvalue weighted by atomic mass is 9.93. The smallest absolute Gasteiger partial charge is 0.449 e. The number of nitrogens with zero attached hydrogens (tertiary/aromatic N) is 5. The number of aromatic nitrogens is 3. The van der Waals surface area contributed by atoms with Gasteiger partial charge in [-0.3, -0.25) is 19.3 Å². The van der Waals surface area contributed by atoms with Gasteiger partial charge in [0.25, 0.3) is 5.91 Å². The summed E-state index contributed by atoms with van der Waals surface area (Å²) in [5.74, 6) is -5.31. The summed E-state index contributed by atoms with van der Waals surface area (Å²) >= 11 is 0. The third kappa shape index (κ3) is 3.25. The van der Waals surface area contributed by atoms with Gasteiger partial charge in [-0.25, -0.2) is 13.8 Å². The van der Waals surface area contributed by atoms with E-state index in [9.17, 15) is 32.3 Å². The van der Waals surface area contributed by atoms with Crippen LogP contribution in [0.15, 0.2) is 47.4 Å². The van der Waals surface area contributed by atoms with E-state index in [0.29, 0.717) is 0 Å². The summed E-state index contributed by atoms with van der Waals surface area (Å²) < 4.78 is 80.1. The van der Waals surface area contributed by atoms with E-state index in [4.69, 9.17) is 4.74 Å². The van der Waals surface area contributed by atoms with Crippen LogP contribution in [0.2, 0.25) is 0 Å². The molecule has 0 bridgehead atoms. The molecule has 0 saturated carbocycles. The number of benzene rings is 2. The molecule has 14 heteroatoms. The number of carbonyl (C=O) groups is 1. The Balaban J connectivity index is 1.60. The Kier molecular flexibility index (Phi) is 5.08. The summed E-state index contributed by atoms with van der Waals surface area (Å²) in [7, 11) is 0. The van der Waals surface area contributed by atoms with Crippen LogP contribution in [0.25, 0.3) is 11.0 Å². The van der Waals surface area contributed by atoms with Crippen LogP contribution < -0.4 is 10.4 Å². The van der Waals surface area contributed by atoms with Gasteiger partial charge in [-0.2, -0.15) is 13.2 Å². The first kappa shape index (κ1) is 24.6. The van der Waals surface area contributed by atoms with Gasteiger partial charge in [0.05, 0.1) is 30.8 Å². The molecule has 3 aliphatic rings. The summed E-state index contributed by atoms with van der Waals surface area (Å²) in [4.78, 5) is 31.0. The van der Waals surface area contributed by atoms with Crippen molar-refractivity contribution in [2.75, 3.05) is 24.8 Å². The van der Waals surface area contributed by atoms with E-state index in [-0.39, 0.29) is 53.2 Å². The number of amides is 1. The maximum absolute atomic E-state index is 15.5. The van der Waals surface area contributed by atoms with Gasteiger partial charge in [0, 0.05) is 29.9 Å². The Morgan fingerprint density at radius 1 is 1.05 bits per heavy atom. The molecule has 1 N–H and O–H groups in total. The highest BCUT2D eigenvalue weighted by Crippen LogP contribution is 2.44. The second-order valence-electron chi connectivity index (χ2n) is 9.72. The molecule has 5 heterocycles. The predicted octanol–water partition coefficient (Wildman–Crippen LogP) is 3.10. The van der Waals surface area contributed by atoms with Crippen molar-refractivity contribution in [3.05, 3.63) is 92.7 Å². The normalized spacial score (nSPS) is 20.3. The summed E-state index contributed by atoms with van der Waals surface area (Å²) in [5.41, 5.74) is -1.09. The largest absolute Gasteiger partial charge is 0.502 e. The van der Waals surface area contributed by atoms with Crippen LogP contribution >= 0.6 is 0 Å². The van der Waals surface area contributed by atoms with E-state index < -0.39 is 59.5 Å². The molecule has 2 atom stereocenters. The zero-order chi connectivity index (χ0) is 28.1. The van der Waals surface area contributed by atoms with Gasteiger partial charge in [-0.05, 0) is 17.7 Å². The zero-order valence-electron chi connectivity index (χ0n) is 20.3. The minimum absolute atomic E-state index is 0.0173. The van der Waals surface area contributed by atoms with Crippen LogP contribution in [0.4, 0.5) is 22.0 Å². The van der Waals surface area contributed by atoms with Crippen LogP contribution in [0.1, 0.15) is 39.0 Å². The van der Waals surface area contributed by atoms with Crippen LogP contribution in [-0.2, 0) is 17.5 Å². The lowest BCUT2D eigenvalue weighted by Crippen LogP contribution is -2.66. The highest BCUT2D eigenvalue weighted by molar-refractivity contribution is 5.96. The van der Waals surface area contributed by atoms with Crippen molar-refractivity contribution in [3.63, 3.8) is 0 Å². The fraction of sp³-hybridized carbons (Fsp3) is 0.269. The summed E-state index contributed by atoms with van der Waals surface area (Å²) in [6, 6.07) is 6.52. The summed E-state index contributed by atoms with van der Waals surface area (Å²) in [5, 5.41) is 12.2. The molecule has 0 aliphatic carbocycles. The molecule has 0 spiro atoms. The fourth-order valence-electron chi connectivity index (χ4n) is 5.97. The van der Waals surface area contributed by atoms with E-state index in [1.54, 1.807) is 6.07 Å². The highest BCUT2D eigenvalue weighted by atomic mass is 19.4. The molecule has 2 aromatic heterocycles. The zero-order valence-corrected chi connectivity index (χ0v) is 20.3. The lowest BCUT2D eigenvalue weighted by molar-refractivity contribution is -0.146. The first-order valence-electron chi connectivity index (χ1n) is 12.2. The van der Waals surface area contributed by atoms with E-state index in [1.165, 1.54) is 39.0 Å². The van der Waals surface area contributed by atoms with Crippen molar-refractivity contribution in [2.24, 2.45) is 0 Å². The van der Waals surface area contributed by atoms with Crippen molar-refractivity contribution in [2.45, 2.75) is 24.9 Å². The maximum Gasteiger partial charge on any atom is 0.449 e. The minimum Gasteiger partial charge on any atom is -0.502 e. The number of halogens is 5. The third-order valence-electron chi connectivity index (χ3n) is 7.63. The first-order valence-corrected chi connectivity index (χ1v) is 12.2. The number of imidazole rings is 1. The quantitative estimate of drug-likeness (QED) is 0.361. The van der Waals surface area contributed by atoms with Gasteiger partial charge >= 0.3 is 6.18 Å². The maximum atomic E-state index is 15.5. The third-order valence-corrected chi connectivity index (χ3v) is 7.63. The number of rotatable bonds is 1. The van der Waals surface area contributed by atoms with Gasteiger partial charge in [0.1, 0.15) is 12.2 Å². The second-order valence-corrected chi connectivity index (χ2v) is 9.72. The van der Waals surface area contributed by atoms with Crippen LogP contribution in [0.5, 0.6) is 5.75 Å². The van der Waals surface area contributed by atoms with Gasteiger partial charge in [0.2, 0.25) is 11.3 Å². The lowest BCUT2D eigenvalue weighted by Gasteiger charge is -2.51. The topological polar surface area (TPSA) is 92.8 Å². The van der Waals surface area contributed by atoms with Crippen LogP contribution in [0.3, 0.4) is 0 Å². The van der Waals surface area contributed by atoms with Crippen LogP contribution in [0, 0.1) is 11.6 Å². The molecule has 3 aliphatic heterocycles. The molecule has 9 nitrogen and oxygen atoms in total. The Labute approximate surface area is 221 Å². The number of ether oxygens (including phenoxy) is 1. The van der Waals surface area contributed by atoms with E-state index >= 15 is 4.39 Å². The number of hydrogen-bond acceptors (Lipinski definition) is 6. The Bertz CT molecular complexity index is 1800. The molecular formula is C26H18F5N5O4. The van der Waals surface area contributed by atoms with E-state index in [2.05, 4.69) is 4.98 Å². The SMILES string of the molecule is O=C1c2c(O)c(=O)ccn2N(C2c3ccc(F)c(F)c3Cn3c(C(F)(F)F)nc4cccc2c43)C2COCCN12. The molecule has 206 valence electrons. The predicted molar refractivity (Wildman–Crippen MR) is 128 cm³/mol. The van der Waals surface area contributed by atoms with Gasteiger partial charge in [-0.1, -0.05) is 18.2 Å². The molecule has 2 unspecified atom stereocenters. The monoisotopic (exact) mass is 559 g/mol. The average molecular weight is 559 g/mol. The Hall–Kier alpha value is -4.46. The van der Waals surface area contributed by atoms with Gasteiger partial charge < -0.3 is 19.3 Å². The highest BCUT2D eigenvalue weighted by Gasteiger charge is 2.47. The van der Waals surface area contributed by atoms with Gasteiger partial charge in [0.15, 0.2) is 23.1 Å². The Morgan fingerprint density at radius 2 is 1.85 bits per heavy atom. The average Bonchev–Trinajstić information content (AvgIpc) is 3.24. The number of fused-ring (bicyclic) bond motifs is 3. The van der Waals surface area contributed by atoms with Crippen molar-refractivity contribution < 1.29 is 36.6 Å². The molecule has 1 amide bonds. The standard InChI is InChI=1S/C26H18F5N5O4/c27-15-5-4-12-14(19(15)28)10-34-21-13(2-1-3-16(21)32-25(34)26(29,30)31)20(12)36-18-11-40-9-8-33(18)24(39)22-23(38)17(37)6-7-35(22)36/h1-7,18,20,38H,8-11H2. The van der Waals surface area contributed by atoms with E-state index in [1.807, 2.05) is 0 Å². The van der Waals surface area contributed by atoms with Crippen molar-refractivity contribution in [1.29, 1.82) is 0 Å². The molecule has 4 aromatic rings. The molecule has 0 radical (unpaired) electrons. The number of hydrogen-bond donors (Lipinski definition) is 1. The van der Waals surface area contributed by atoms with Crippen molar-refractivity contribution in [1.82, 2.24) is 19.1 Å². The summed E-state index contributed by atoms with van der Waals surface area (Å²) in [6.45, 7) is -0.471. The van der Waals surface area contributed by atoms with Gasteiger partial charge in [-0.15, -0.1) is 0 Å². The van der Waals surface area contributed by atoms with Crippen molar-refractivity contribution >= 4 is 16.9 Å². The second kappa shape index (κ2) is 8.27. The Morgan fingerprint density at radius 3 is 2.62 bits per heavy atom. The molecule has 1 fully saturated rings. The number of morpholine rings is 1. The van der Waals surface area contributed by atoms with Crippen LogP contribution in [-0.4, -0.2) is 56.1 Å². The molecule has 2 aromatic carbocycles. The molecule has 40 heavy (non-hydrogen) atoms. The minimum atomic E-state index is -4.90. The number of aromatic hydroxyl groups is 1. The van der Waals surface area contributed by atoms with Crippen molar-refractivity contribution in [3.8, 4) is 5.75 Å². The first-order chi connectivity index (χ1) is 19.1. The number of alkyl halides is 3. The molecular weight excluding hydrogens is 541 g/mol. The fourth-order valence-corrected chi connectivity index (χ4v) is 5.97. The number of pyridine rings is 1. The molecule has 7 rings (SSSR count). The molecule has 1 saturated heterocycles. The number of carbonyl (C=O) groups excluding carboxylic acids is 1. The van der Waals surface area contributed by atoms with E-state index in [0.717, 1.165) is 16.7 Å².